The molecule has 18 heavy (non-hydrogen) atoms. The summed E-state index contributed by atoms with van der Waals surface area (Å²) in [7, 11) is 0. The van der Waals surface area contributed by atoms with Gasteiger partial charge in [0.15, 0.2) is 6.61 Å². The second-order valence-electron chi connectivity index (χ2n) is 3.55. The van der Waals surface area contributed by atoms with Crippen LogP contribution in [-0.4, -0.2) is 23.6 Å². The van der Waals surface area contributed by atoms with Crippen LogP contribution in [0.2, 0.25) is 0 Å². The number of hydrogen-bond donors (Lipinski definition) is 2. The van der Waals surface area contributed by atoms with Gasteiger partial charge in [0.05, 0.1) is 5.69 Å². The van der Waals surface area contributed by atoms with Crippen molar-refractivity contribution in [3.63, 3.8) is 0 Å². The van der Waals surface area contributed by atoms with Gasteiger partial charge in [-0.25, -0.2) is 4.79 Å². The predicted molar refractivity (Wildman–Crippen MR) is 67.6 cm³/mol. The van der Waals surface area contributed by atoms with Gasteiger partial charge in [-0.2, -0.15) is 0 Å². The van der Waals surface area contributed by atoms with Gasteiger partial charge in [-0.05, 0) is 18.6 Å². The molecule has 96 valence electrons. The lowest BCUT2D eigenvalue weighted by Crippen LogP contribution is -2.14. The minimum Gasteiger partial charge on any atom is -0.480 e. The number of carbonyl (C=O) groups excluding carboxylic acids is 1. The topological polar surface area (TPSA) is 75.6 Å². The van der Waals surface area contributed by atoms with Crippen molar-refractivity contribution in [3.8, 4) is 5.75 Å². The molecular weight excluding hydrogens is 234 g/mol. The first-order valence-electron chi connectivity index (χ1n) is 5.48. The Hall–Kier alpha value is -2.30. The number of rotatable bonds is 7. The zero-order valence-electron chi connectivity index (χ0n) is 9.89. The molecule has 0 unspecified atom stereocenters. The molecule has 0 aliphatic heterocycles. The highest BCUT2D eigenvalue weighted by Crippen LogP contribution is 2.23. The molecule has 0 aliphatic carbocycles. The fourth-order valence-corrected chi connectivity index (χ4v) is 1.28. The van der Waals surface area contributed by atoms with E-state index in [9.17, 15) is 9.59 Å². The maximum Gasteiger partial charge on any atom is 0.341 e. The molecule has 0 fully saturated rings. The third-order valence-electron chi connectivity index (χ3n) is 2.09. The molecule has 0 aromatic heterocycles. The lowest BCUT2D eigenvalue weighted by molar-refractivity contribution is -0.139. The number of carbonyl (C=O) groups is 2. The molecule has 0 atom stereocenters. The van der Waals surface area contributed by atoms with Gasteiger partial charge in [-0.15, -0.1) is 6.58 Å². The van der Waals surface area contributed by atoms with Gasteiger partial charge in [0.2, 0.25) is 5.91 Å². The SMILES string of the molecule is C=CCCC(=O)Nc1ccccc1OCC(=O)O. The van der Waals surface area contributed by atoms with Crippen molar-refractivity contribution >= 4 is 17.6 Å². The Balaban J connectivity index is 2.66. The molecule has 1 aromatic carbocycles. The fraction of sp³-hybridized carbons (Fsp3) is 0.231. The maximum absolute atomic E-state index is 11.5. The molecule has 0 saturated heterocycles. The molecule has 0 radical (unpaired) electrons. The second kappa shape index (κ2) is 7.11. The second-order valence-corrected chi connectivity index (χ2v) is 3.55. The van der Waals surface area contributed by atoms with Gasteiger partial charge in [0.1, 0.15) is 5.75 Å². The Kier molecular flexibility index (Phi) is 5.44. The summed E-state index contributed by atoms with van der Waals surface area (Å²) in [5.74, 6) is -0.893. The molecule has 0 bridgehead atoms. The summed E-state index contributed by atoms with van der Waals surface area (Å²) in [6, 6.07) is 6.70. The van der Waals surface area contributed by atoms with Crippen LogP contribution in [0.4, 0.5) is 5.69 Å². The van der Waals surface area contributed by atoms with Crippen LogP contribution in [0.1, 0.15) is 12.8 Å². The summed E-state index contributed by atoms with van der Waals surface area (Å²) in [6.07, 6.45) is 2.58. The molecule has 5 nitrogen and oxygen atoms in total. The Morgan fingerprint density at radius 2 is 2.11 bits per heavy atom. The monoisotopic (exact) mass is 249 g/mol. The number of carboxylic acid groups (broad SMARTS) is 1. The number of ether oxygens (including phenoxy) is 1. The Morgan fingerprint density at radius 3 is 2.78 bits per heavy atom. The smallest absolute Gasteiger partial charge is 0.341 e. The van der Waals surface area contributed by atoms with Crippen LogP contribution in [0.5, 0.6) is 5.75 Å². The summed E-state index contributed by atoms with van der Waals surface area (Å²) >= 11 is 0. The van der Waals surface area contributed by atoms with Crippen LogP contribution < -0.4 is 10.1 Å². The molecule has 5 heteroatoms. The Morgan fingerprint density at radius 1 is 1.39 bits per heavy atom. The van der Waals surface area contributed by atoms with Gasteiger partial charge >= 0.3 is 5.97 Å². The van der Waals surface area contributed by atoms with E-state index in [4.69, 9.17) is 9.84 Å². The molecule has 0 saturated carbocycles. The van der Waals surface area contributed by atoms with Gasteiger partial charge in [-0.1, -0.05) is 18.2 Å². The number of aliphatic carboxylic acids is 1. The number of benzene rings is 1. The van der Waals surface area contributed by atoms with E-state index in [1.54, 1.807) is 30.3 Å². The number of amides is 1. The minimum atomic E-state index is -1.07. The lowest BCUT2D eigenvalue weighted by atomic mass is 10.2. The largest absolute Gasteiger partial charge is 0.480 e. The number of hydrogen-bond acceptors (Lipinski definition) is 3. The van der Waals surface area contributed by atoms with Crippen molar-refractivity contribution in [3.05, 3.63) is 36.9 Å². The molecule has 0 aliphatic rings. The maximum atomic E-state index is 11.5. The molecule has 2 N–H and O–H groups in total. The molecule has 1 aromatic rings. The van der Waals surface area contributed by atoms with Crippen molar-refractivity contribution in [2.75, 3.05) is 11.9 Å². The summed E-state index contributed by atoms with van der Waals surface area (Å²) < 4.78 is 5.07. The van der Waals surface area contributed by atoms with Crippen molar-refractivity contribution < 1.29 is 19.4 Å². The first-order chi connectivity index (χ1) is 8.63. The minimum absolute atomic E-state index is 0.165. The number of nitrogens with one attached hydrogen (secondary N) is 1. The third kappa shape index (κ3) is 4.69. The molecule has 0 heterocycles. The van der Waals surface area contributed by atoms with E-state index < -0.39 is 12.6 Å². The van der Waals surface area contributed by atoms with E-state index in [0.29, 0.717) is 24.3 Å². The van der Waals surface area contributed by atoms with Gasteiger partial charge in [0, 0.05) is 6.42 Å². The van der Waals surface area contributed by atoms with Crippen LogP contribution in [-0.2, 0) is 9.59 Å². The highest BCUT2D eigenvalue weighted by atomic mass is 16.5. The van der Waals surface area contributed by atoms with Crippen molar-refractivity contribution in [2.45, 2.75) is 12.8 Å². The van der Waals surface area contributed by atoms with Crippen molar-refractivity contribution in [1.82, 2.24) is 0 Å². The van der Waals surface area contributed by atoms with E-state index in [1.165, 1.54) is 0 Å². The summed E-state index contributed by atoms with van der Waals surface area (Å²) in [5.41, 5.74) is 0.466. The van der Waals surface area contributed by atoms with E-state index in [-0.39, 0.29) is 5.91 Å². The van der Waals surface area contributed by atoms with Crippen LogP contribution in [0.3, 0.4) is 0 Å². The first-order valence-corrected chi connectivity index (χ1v) is 5.48. The number of anilines is 1. The zero-order valence-corrected chi connectivity index (χ0v) is 9.89. The van der Waals surface area contributed by atoms with E-state index in [2.05, 4.69) is 11.9 Å². The highest BCUT2D eigenvalue weighted by molar-refractivity contribution is 5.92. The van der Waals surface area contributed by atoms with Crippen LogP contribution >= 0.6 is 0 Å². The van der Waals surface area contributed by atoms with Crippen LogP contribution in [0.25, 0.3) is 0 Å². The standard InChI is InChI=1S/C13H15NO4/c1-2-3-8-12(15)14-10-6-4-5-7-11(10)18-9-13(16)17/h2,4-7H,1,3,8-9H2,(H,14,15)(H,16,17). The molecule has 1 amide bonds. The fourth-order valence-electron chi connectivity index (χ4n) is 1.28. The lowest BCUT2D eigenvalue weighted by Gasteiger charge is -2.10. The third-order valence-corrected chi connectivity index (χ3v) is 2.09. The normalized spacial score (nSPS) is 9.56. The average molecular weight is 249 g/mol. The average Bonchev–Trinajstić information content (AvgIpc) is 2.35. The van der Waals surface area contributed by atoms with Crippen LogP contribution in [0, 0.1) is 0 Å². The summed E-state index contributed by atoms with van der Waals surface area (Å²) in [4.78, 5) is 22.0. The van der Waals surface area contributed by atoms with Gasteiger partial charge < -0.3 is 15.2 Å². The molecular formula is C13H15NO4. The van der Waals surface area contributed by atoms with Gasteiger partial charge in [-0.3, -0.25) is 4.79 Å². The number of allylic oxidation sites excluding steroid dienone is 1. The highest BCUT2D eigenvalue weighted by Gasteiger charge is 2.08. The Labute approximate surface area is 105 Å². The molecule has 0 spiro atoms. The van der Waals surface area contributed by atoms with Crippen molar-refractivity contribution in [2.24, 2.45) is 0 Å². The predicted octanol–water partition coefficient (Wildman–Crippen LogP) is 2.05. The van der Waals surface area contributed by atoms with Gasteiger partial charge in [0.25, 0.3) is 0 Å². The van der Waals surface area contributed by atoms with Crippen LogP contribution in [0.15, 0.2) is 36.9 Å². The molecule has 1 rings (SSSR count). The van der Waals surface area contributed by atoms with E-state index in [1.807, 2.05) is 0 Å². The van der Waals surface area contributed by atoms with Crippen molar-refractivity contribution in [1.29, 1.82) is 0 Å². The van der Waals surface area contributed by atoms with E-state index in [0.717, 1.165) is 0 Å². The first kappa shape index (κ1) is 13.8. The summed E-state index contributed by atoms with van der Waals surface area (Å²) in [6.45, 7) is 3.09. The number of carboxylic acids is 1. The zero-order chi connectivity index (χ0) is 13.4. The Bertz CT molecular complexity index is 442. The van der Waals surface area contributed by atoms with E-state index >= 15 is 0 Å². The number of para-hydroxylation sites is 2. The summed E-state index contributed by atoms with van der Waals surface area (Å²) in [5, 5.41) is 11.2. The quantitative estimate of drug-likeness (QED) is 0.725.